The molecular formula is C13H22ClNSi. The van der Waals surface area contributed by atoms with Gasteiger partial charge < -0.3 is 5.73 Å². The maximum atomic E-state index is 5.92. The Morgan fingerprint density at radius 3 is 2.25 bits per heavy atom. The lowest BCUT2D eigenvalue weighted by molar-refractivity contribution is 0.788. The molecule has 1 unspecified atom stereocenters. The van der Waals surface area contributed by atoms with E-state index in [1.807, 2.05) is 12.1 Å². The molecule has 1 aromatic rings. The van der Waals surface area contributed by atoms with E-state index in [-0.39, 0.29) is 0 Å². The maximum Gasteiger partial charge on any atom is 0.0518 e. The molecule has 0 aliphatic heterocycles. The van der Waals surface area contributed by atoms with Crippen molar-refractivity contribution in [3.05, 3.63) is 34.9 Å². The fraction of sp³-hybridized carbons (Fsp3) is 0.538. The van der Waals surface area contributed by atoms with Crippen LogP contribution in [-0.4, -0.2) is 14.6 Å². The second-order valence-corrected chi connectivity index (χ2v) is 11.0. The molecule has 0 spiro atoms. The first-order chi connectivity index (χ1) is 7.49. The molecule has 0 radical (unpaired) electrons. The number of halogens is 1. The van der Waals surface area contributed by atoms with Crippen molar-refractivity contribution in [2.24, 2.45) is 5.73 Å². The molecule has 16 heavy (non-hydrogen) atoms. The lowest BCUT2D eigenvalue weighted by Gasteiger charge is -2.30. The summed E-state index contributed by atoms with van der Waals surface area (Å²) in [6.07, 6.45) is 1.10. The van der Waals surface area contributed by atoms with Gasteiger partial charge in [-0.25, -0.2) is 0 Å². The summed E-state index contributed by atoms with van der Waals surface area (Å²) in [5, 5.41) is 0.806. The molecular weight excluding hydrogens is 234 g/mol. The highest BCUT2D eigenvalue weighted by Gasteiger charge is 2.28. The highest BCUT2D eigenvalue weighted by molar-refractivity contribution is 6.78. The van der Waals surface area contributed by atoms with Crippen LogP contribution in [0.25, 0.3) is 0 Å². The molecule has 0 aliphatic rings. The van der Waals surface area contributed by atoms with Gasteiger partial charge in [-0.3, -0.25) is 0 Å². The second-order valence-electron chi connectivity index (χ2n) is 5.11. The fourth-order valence-corrected chi connectivity index (χ4v) is 4.00. The van der Waals surface area contributed by atoms with Crippen LogP contribution in [0.1, 0.15) is 12.5 Å². The van der Waals surface area contributed by atoms with E-state index >= 15 is 0 Å². The lowest BCUT2D eigenvalue weighted by Crippen LogP contribution is -2.37. The molecule has 0 bridgehead atoms. The van der Waals surface area contributed by atoms with Crippen LogP contribution in [0.4, 0.5) is 0 Å². The third kappa shape index (κ3) is 3.61. The largest absolute Gasteiger partial charge is 0.330 e. The van der Waals surface area contributed by atoms with Gasteiger partial charge in [-0.05, 0) is 36.2 Å². The van der Waals surface area contributed by atoms with Crippen LogP contribution < -0.4 is 5.73 Å². The molecule has 1 aromatic carbocycles. The second kappa shape index (κ2) is 5.85. The monoisotopic (exact) mass is 255 g/mol. The predicted molar refractivity (Wildman–Crippen MR) is 75.9 cm³/mol. The summed E-state index contributed by atoms with van der Waals surface area (Å²) < 4.78 is 0. The van der Waals surface area contributed by atoms with E-state index < -0.39 is 8.07 Å². The molecule has 0 aromatic heterocycles. The minimum Gasteiger partial charge on any atom is -0.330 e. The number of nitrogens with two attached hydrogens (primary N) is 1. The van der Waals surface area contributed by atoms with Gasteiger partial charge in [-0.15, -0.1) is 0 Å². The van der Waals surface area contributed by atoms with Gasteiger partial charge in [0.2, 0.25) is 0 Å². The molecule has 0 heterocycles. The Kier molecular flexibility index (Phi) is 5.03. The quantitative estimate of drug-likeness (QED) is 0.793. The number of hydrogen-bond donors (Lipinski definition) is 1. The first-order valence-corrected chi connectivity index (χ1v) is 9.60. The molecule has 0 amide bonds. The molecule has 90 valence electrons. The average molecular weight is 256 g/mol. The van der Waals surface area contributed by atoms with Gasteiger partial charge in [0.05, 0.1) is 8.07 Å². The Labute approximate surface area is 105 Å². The van der Waals surface area contributed by atoms with Gasteiger partial charge in [0.1, 0.15) is 0 Å². The topological polar surface area (TPSA) is 26.0 Å². The Morgan fingerprint density at radius 1 is 1.25 bits per heavy atom. The van der Waals surface area contributed by atoms with E-state index in [2.05, 4.69) is 32.2 Å². The molecule has 3 heteroatoms. The van der Waals surface area contributed by atoms with E-state index in [9.17, 15) is 0 Å². The Hall–Kier alpha value is -0.313. The zero-order valence-corrected chi connectivity index (χ0v) is 12.2. The smallest absolute Gasteiger partial charge is 0.0518 e. The van der Waals surface area contributed by atoms with Gasteiger partial charge in [-0.2, -0.15) is 0 Å². The number of rotatable bonds is 5. The van der Waals surface area contributed by atoms with Crippen molar-refractivity contribution in [1.29, 1.82) is 0 Å². The van der Waals surface area contributed by atoms with E-state index in [0.29, 0.717) is 5.54 Å². The van der Waals surface area contributed by atoms with Crippen LogP contribution in [0.15, 0.2) is 24.3 Å². The Balaban J connectivity index is 2.74. The fourth-order valence-electron chi connectivity index (χ4n) is 1.87. The minimum absolute atomic E-state index is 0.665. The SMILES string of the molecule is CC[Si](C)(C)C(CN)Cc1ccc(Cl)cc1. The number of hydrogen-bond acceptors (Lipinski definition) is 1. The summed E-state index contributed by atoms with van der Waals surface area (Å²) in [6, 6.07) is 9.45. The van der Waals surface area contributed by atoms with Crippen molar-refractivity contribution < 1.29 is 0 Å². The van der Waals surface area contributed by atoms with E-state index in [1.54, 1.807) is 0 Å². The number of benzene rings is 1. The summed E-state index contributed by atoms with van der Waals surface area (Å²) in [4.78, 5) is 0. The summed E-state index contributed by atoms with van der Waals surface area (Å²) in [5.41, 5.74) is 7.94. The van der Waals surface area contributed by atoms with Crippen LogP contribution in [0.3, 0.4) is 0 Å². The van der Waals surface area contributed by atoms with Crippen molar-refractivity contribution in [3.8, 4) is 0 Å². The highest BCUT2D eigenvalue weighted by atomic mass is 35.5. The highest BCUT2D eigenvalue weighted by Crippen LogP contribution is 2.28. The molecule has 0 aliphatic carbocycles. The molecule has 1 rings (SSSR count). The van der Waals surface area contributed by atoms with Gasteiger partial charge in [0, 0.05) is 5.02 Å². The Bertz CT molecular complexity index is 321. The first kappa shape index (κ1) is 13.8. The Morgan fingerprint density at radius 2 is 1.81 bits per heavy atom. The van der Waals surface area contributed by atoms with Gasteiger partial charge >= 0.3 is 0 Å². The van der Waals surface area contributed by atoms with Crippen LogP contribution >= 0.6 is 11.6 Å². The van der Waals surface area contributed by atoms with Crippen LogP contribution in [-0.2, 0) is 6.42 Å². The van der Waals surface area contributed by atoms with E-state index in [0.717, 1.165) is 18.0 Å². The van der Waals surface area contributed by atoms with Crippen LogP contribution in [0, 0.1) is 0 Å². The maximum absolute atomic E-state index is 5.92. The van der Waals surface area contributed by atoms with Crippen molar-refractivity contribution in [3.63, 3.8) is 0 Å². The summed E-state index contributed by atoms with van der Waals surface area (Å²) in [7, 11) is -1.16. The van der Waals surface area contributed by atoms with Gasteiger partial charge in [0.25, 0.3) is 0 Å². The summed E-state index contributed by atoms with van der Waals surface area (Å²) >= 11 is 5.88. The molecule has 0 saturated heterocycles. The van der Waals surface area contributed by atoms with Crippen molar-refractivity contribution in [2.75, 3.05) is 6.54 Å². The first-order valence-electron chi connectivity index (χ1n) is 5.94. The summed E-state index contributed by atoms with van der Waals surface area (Å²) in [6.45, 7) is 7.95. The van der Waals surface area contributed by atoms with Gasteiger partial charge in [-0.1, -0.05) is 49.8 Å². The summed E-state index contributed by atoms with van der Waals surface area (Å²) in [5.74, 6) is 0. The van der Waals surface area contributed by atoms with E-state index in [4.69, 9.17) is 17.3 Å². The minimum atomic E-state index is -1.16. The zero-order valence-electron chi connectivity index (χ0n) is 10.5. The lowest BCUT2D eigenvalue weighted by atomic mass is 10.1. The standard InChI is InChI=1S/C13H22ClNSi/c1-4-16(2,3)13(10-15)9-11-5-7-12(14)8-6-11/h5-8,13H,4,9-10,15H2,1-3H3. The molecule has 2 N–H and O–H groups in total. The van der Waals surface area contributed by atoms with Crippen molar-refractivity contribution >= 4 is 19.7 Å². The zero-order chi connectivity index (χ0) is 12.2. The van der Waals surface area contributed by atoms with Crippen LogP contribution in [0.5, 0.6) is 0 Å². The van der Waals surface area contributed by atoms with Crippen LogP contribution in [0.2, 0.25) is 29.7 Å². The predicted octanol–water partition coefficient (Wildman–Crippen LogP) is 3.94. The molecule has 0 saturated carbocycles. The molecule has 0 fully saturated rings. The third-order valence-corrected chi connectivity index (χ3v) is 8.42. The molecule has 1 atom stereocenters. The van der Waals surface area contributed by atoms with E-state index in [1.165, 1.54) is 11.6 Å². The van der Waals surface area contributed by atoms with Crippen molar-refractivity contribution in [2.45, 2.75) is 38.0 Å². The molecule has 1 nitrogen and oxygen atoms in total. The normalized spacial score (nSPS) is 13.8. The van der Waals surface area contributed by atoms with Gasteiger partial charge in [0.15, 0.2) is 0 Å². The van der Waals surface area contributed by atoms with Crippen molar-refractivity contribution in [1.82, 2.24) is 0 Å². The average Bonchev–Trinajstić information content (AvgIpc) is 2.28. The third-order valence-electron chi connectivity index (χ3n) is 3.70.